The Hall–Kier alpha value is -3.02. The molecule has 0 saturated heterocycles. The summed E-state index contributed by atoms with van der Waals surface area (Å²) >= 11 is 0. The topological polar surface area (TPSA) is 69.2 Å². The van der Waals surface area contributed by atoms with Crippen LogP contribution in [-0.2, 0) is 11.2 Å². The third-order valence-electron chi connectivity index (χ3n) is 3.50. The Bertz CT molecular complexity index is 741. The second-order valence-electron chi connectivity index (χ2n) is 5.19. The van der Waals surface area contributed by atoms with E-state index in [4.69, 9.17) is 14.2 Å². The lowest BCUT2D eigenvalue weighted by molar-refractivity contribution is -0.123. The van der Waals surface area contributed by atoms with Crippen molar-refractivity contribution in [3.63, 3.8) is 0 Å². The zero-order valence-corrected chi connectivity index (χ0v) is 13.3. The Morgan fingerprint density at radius 1 is 1.21 bits per heavy atom. The molecule has 0 fully saturated rings. The van der Waals surface area contributed by atoms with Gasteiger partial charge in [0.1, 0.15) is 5.75 Å². The third-order valence-corrected chi connectivity index (χ3v) is 3.50. The molecule has 2 aromatic rings. The summed E-state index contributed by atoms with van der Waals surface area (Å²) in [5, 5.41) is 3.91. The van der Waals surface area contributed by atoms with Crippen LogP contribution in [0, 0.1) is 0 Å². The van der Waals surface area contributed by atoms with Crippen LogP contribution in [0.3, 0.4) is 0 Å². The van der Waals surface area contributed by atoms with Gasteiger partial charge in [-0.05, 0) is 47.9 Å². The first-order chi connectivity index (χ1) is 11.7. The number of rotatable bonds is 6. The maximum atomic E-state index is 11.7. The summed E-state index contributed by atoms with van der Waals surface area (Å²) in [6.45, 7) is 2.22. The van der Waals surface area contributed by atoms with Gasteiger partial charge in [0.2, 0.25) is 6.79 Å². The van der Waals surface area contributed by atoms with E-state index in [9.17, 15) is 4.79 Å². The van der Waals surface area contributed by atoms with Gasteiger partial charge in [-0.2, -0.15) is 5.10 Å². The van der Waals surface area contributed by atoms with Crippen molar-refractivity contribution in [2.75, 3.05) is 13.4 Å². The van der Waals surface area contributed by atoms with Gasteiger partial charge in [0.05, 0.1) is 6.21 Å². The number of ether oxygens (including phenoxy) is 3. The number of hydrogen-bond donors (Lipinski definition) is 1. The second kappa shape index (κ2) is 7.50. The number of hydrogen-bond acceptors (Lipinski definition) is 5. The lowest BCUT2D eigenvalue weighted by Gasteiger charge is -2.05. The number of aryl methyl sites for hydroxylation is 1. The van der Waals surface area contributed by atoms with Crippen LogP contribution in [0.1, 0.15) is 18.1 Å². The number of fused-ring (bicyclic) bond motifs is 1. The minimum absolute atomic E-state index is 0.0933. The summed E-state index contributed by atoms with van der Waals surface area (Å²) in [5.41, 5.74) is 4.45. The van der Waals surface area contributed by atoms with E-state index in [2.05, 4.69) is 17.5 Å². The van der Waals surface area contributed by atoms with E-state index in [1.54, 1.807) is 12.1 Å². The average molecular weight is 326 g/mol. The zero-order valence-electron chi connectivity index (χ0n) is 13.3. The number of hydrazone groups is 1. The van der Waals surface area contributed by atoms with Gasteiger partial charge in [0.25, 0.3) is 5.91 Å². The van der Waals surface area contributed by atoms with E-state index in [0.29, 0.717) is 17.2 Å². The van der Waals surface area contributed by atoms with E-state index in [1.165, 1.54) is 11.8 Å². The van der Waals surface area contributed by atoms with Crippen molar-refractivity contribution in [2.45, 2.75) is 13.3 Å². The first-order valence-corrected chi connectivity index (χ1v) is 7.68. The fourth-order valence-electron chi connectivity index (χ4n) is 2.17. The van der Waals surface area contributed by atoms with Gasteiger partial charge >= 0.3 is 0 Å². The highest BCUT2D eigenvalue weighted by atomic mass is 16.7. The number of amides is 1. The highest BCUT2D eigenvalue weighted by molar-refractivity contribution is 5.83. The minimum atomic E-state index is -0.327. The molecular formula is C18H18N2O4. The van der Waals surface area contributed by atoms with Gasteiger partial charge < -0.3 is 14.2 Å². The molecule has 2 aromatic carbocycles. The summed E-state index contributed by atoms with van der Waals surface area (Å²) in [6, 6.07) is 13.1. The van der Waals surface area contributed by atoms with Crippen molar-refractivity contribution in [3.8, 4) is 17.2 Å². The van der Waals surface area contributed by atoms with Gasteiger partial charge in [-0.1, -0.05) is 19.1 Å². The van der Waals surface area contributed by atoms with Gasteiger partial charge in [-0.15, -0.1) is 0 Å². The number of carbonyl (C=O) groups excluding carboxylic acids is 1. The van der Waals surface area contributed by atoms with E-state index in [-0.39, 0.29) is 19.3 Å². The Kier molecular flexibility index (Phi) is 4.96. The quantitative estimate of drug-likeness (QED) is 0.654. The van der Waals surface area contributed by atoms with E-state index >= 15 is 0 Å². The van der Waals surface area contributed by atoms with Crippen molar-refractivity contribution in [1.29, 1.82) is 0 Å². The van der Waals surface area contributed by atoms with Crippen molar-refractivity contribution in [1.82, 2.24) is 5.43 Å². The summed E-state index contributed by atoms with van der Waals surface area (Å²) < 4.78 is 15.9. The monoisotopic (exact) mass is 326 g/mol. The molecule has 0 aromatic heterocycles. The maximum absolute atomic E-state index is 11.7. The molecule has 0 unspecified atom stereocenters. The molecule has 24 heavy (non-hydrogen) atoms. The number of benzene rings is 2. The zero-order chi connectivity index (χ0) is 16.8. The SMILES string of the molecule is CCc1ccc(OCC(=O)N/N=C/c2ccc3c(c2)OCO3)cc1. The molecule has 0 saturated carbocycles. The van der Waals surface area contributed by atoms with Crippen LogP contribution in [0.15, 0.2) is 47.6 Å². The molecule has 0 spiro atoms. The summed E-state index contributed by atoms with van der Waals surface area (Å²) in [7, 11) is 0. The molecule has 1 amide bonds. The molecular weight excluding hydrogens is 308 g/mol. The van der Waals surface area contributed by atoms with E-state index < -0.39 is 0 Å². The minimum Gasteiger partial charge on any atom is -0.484 e. The fraction of sp³-hybridized carbons (Fsp3) is 0.222. The number of nitrogens with one attached hydrogen (secondary N) is 1. The molecule has 0 radical (unpaired) electrons. The lowest BCUT2D eigenvalue weighted by atomic mass is 10.2. The summed E-state index contributed by atoms with van der Waals surface area (Å²) in [5.74, 6) is 1.71. The highest BCUT2D eigenvalue weighted by Crippen LogP contribution is 2.31. The Morgan fingerprint density at radius 2 is 2.00 bits per heavy atom. The van der Waals surface area contributed by atoms with Gasteiger partial charge in [0.15, 0.2) is 18.1 Å². The maximum Gasteiger partial charge on any atom is 0.277 e. The van der Waals surface area contributed by atoms with Crippen molar-refractivity contribution in [3.05, 3.63) is 53.6 Å². The molecule has 1 N–H and O–H groups in total. The van der Waals surface area contributed by atoms with Crippen LogP contribution in [0.4, 0.5) is 0 Å². The predicted octanol–water partition coefficient (Wildman–Crippen LogP) is 2.51. The smallest absolute Gasteiger partial charge is 0.277 e. The summed E-state index contributed by atoms with van der Waals surface area (Å²) in [6.07, 6.45) is 2.51. The fourth-order valence-corrected chi connectivity index (χ4v) is 2.17. The second-order valence-corrected chi connectivity index (χ2v) is 5.19. The molecule has 0 atom stereocenters. The van der Waals surface area contributed by atoms with E-state index in [1.807, 2.05) is 30.3 Å². The Labute approximate surface area is 140 Å². The van der Waals surface area contributed by atoms with Crippen LogP contribution in [-0.4, -0.2) is 25.5 Å². The van der Waals surface area contributed by atoms with Crippen molar-refractivity contribution >= 4 is 12.1 Å². The first kappa shape index (κ1) is 15.9. The number of carbonyl (C=O) groups is 1. The van der Waals surface area contributed by atoms with Crippen LogP contribution in [0.25, 0.3) is 0 Å². The molecule has 124 valence electrons. The van der Waals surface area contributed by atoms with Gasteiger partial charge in [0, 0.05) is 0 Å². The normalized spacial score (nSPS) is 12.4. The molecule has 1 heterocycles. The molecule has 0 aliphatic carbocycles. The molecule has 1 aliphatic rings. The lowest BCUT2D eigenvalue weighted by Crippen LogP contribution is -2.24. The van der Waals surface area contributed by atoms with Gasteiger partial charge in [-0.3, -0.25) is 4.79 Å². The highest BCUT2D eigenvalue weighted by Gasteiger charge is 2.12. The Balaban J connectivity index is 1.46. The average Bonchev–Trinajstić information content (AvgIpc) is 3.08. The molecule has 1 aliphatic heterocycles. The van der Waals surface area contributed by atoms with Crippen LogP contribution >= 0.6 is 0 Å². The van der Waals surface area contributed by atoms with Crippen molar-refractivity contribution in [2.24, 2.45) is 5.10 Å². The van der Waals surface area contributed by atoms with E-state index in [0.717, 1.165) is 12.0 Å². The van der Waals surface area contributed by atoms with Crippen LogP contribution < -0.4 is 19.6 Å². The standard InChI is InChI=1S/C18H18N2O4/c1-2-13-3-6-15(7-4-13)22-11-18(21)20-19-10-14-5-8-16-17(9-14)24-12-23-16/h3-10H,2,11-12H2,1H3,(H,20,21)/b19-10+. The number of nitrogens with zero attached hydrogens (tertiary/aromatic N) is 1. The first-order valence-electron chi connectivity index (χ1n) is 7.68. The van der Waals surface area contributed by atoms with Crippen LogP contribution in [0.5, 0.6) is 17.2 Å². The molecule has 6 heteroatoms. The molecule has 3 rings (SSSR count). The largest absolute Gasteiger partial charge is 0.484 e. The van der Waals surface area contributed by atoms with Gasteiger partial charge in [-0.25, -0.2) is 5.43 Å². The molecule has 6 nitrogen and oxygen atoms in total. The predicted molar refractivity (Wildman–Crippen MR) is 89.6 cm³/mol. The Morgan fingerprint density at radius 3 is 2.79 bits per heavy atom. The molecule has 0 bridgehead atoms. The third kappa shape index (κ3) is 4.04. The van der Waals surface area contributed by atoms with Crippen molar-refractivity contribution < 1.29 is 19.0 Å². The summed E-state index contributed by atoms with van der Waals surface area (Å²) in [4.78, 5) is 11.7. The van der Waals surface area contributed by atoms with Crippen LogP contribution in [0.2, 0.25) is 0 Å².